The van der Waals surface area contributed by atoms with Crippen LogP contribution in [0.3, 0.4) is 0 Å². The summed E-state index contributed by atoms with van der Waals surface area (Å²) in [6.07, 6.45) is 4.42. The molecule has 0 aromatic heterocycles. The lowest BCUT2D eigenvalue weighted by atomic mass is 9.74. The summed E-state index contributed by atoms with van der Waals surface area (Å²) < 4.78 is 0. The van der Waals surface area contributed by atoms with E-state index in [1.165, 1.54) is 6.42 Å². The van der Waals surface area contributed by atoms with Crippen molar-refractivity contribution >= 4 is 12.0 Å². The average Bonchev–Trinajstić information content (AvgIpc) is 2.36. The van der Waals surface area contributed by atoms with Crippen LogP contribution in [0.4, 0.5) is 4.79 Å². The van der Waals surface area contributed by atoms with E-state index in [1.54, 1.807) is 32.6 Å². The maximum Gasteiger partial charge on any atom is 0.317 e. The Bertz CT molecular complexity index is 404. The lowest BCUT2D eigenvalue weighted by molar-refractivity contribution is -0.150. The summed E-state index contributed by atoms with van der Waals surface area (Å²) >= 11 is 0. The minimum absolute atomic E-state index is 0.187. The number of carboxylic acid groups (broad SMARTS) is 1. The fourth-order valence-corrected chi connectivity index (χ4v) is 2.70. The van der Waals surface area contributed by atoms with Gasteiger partial charge in [-0.05, 0) is 46.5 Å². The number of nitrogens with zero attached hydrogens (tertiary/aromatic N) is 1. The van der Waals surface area contributed by atoms with E-state index >= 15 is 0 Å². The first-order valence-corrected chi connectivity index (χ1v) is 7.77. The summed E-state index contributed by atoms with van der Waals surface area (Å²) in [5, 5.41) is 12.2. The second-order valence-electron chi connectivity index (χ2n) is 7.52. The Morgan fingerprint density at radius 3 is 2.24 bits per heavy atom. The van der Waals surface area contributed by atoms with Crippen molar-refractivity contribution < 1.29 is 14.7 Å². The van der Waals surface area contributed by atoms with Gasteiger partial charge in [0.25, 0.3) is 0 Å². The van der Waals surface area contributed by atoms with Crippen LogP contribution in [-0.4, -0.2) is 40.6 Å². The minimum Gasteiger partial charge on any atom is -0.481 e. The number of rotatable bonds is 4. The molecule has 1 aliphatic carbocycles. The van der Waals surface area contributed by atoms with Gasteiger partial charge in [0, 0.05) is 13.1 Å². The molecule has 0 spiro atoms. The van der Waals surface area contributed by atoms with Crippen molar-refractivity contribution in [3.05, 3.63) is 0 Å². The van der Waals surface area contributed by atoms with Gasteiger partial charge in [0.2, 0.25) is 0 Å². The number of carbonyl (C=O) groups excluding carboxylic acids is 1. The third kappa shape index (κ3) is 3.89. The van der Waals surface area contributed by atoms with Gasteiger partial charge in [0.1, 0.15) is 0 Å². The molecule has 1 aliphatic rings. The Hall–Kier alpha value is -1.26. The first kappa shape index (κ1) is 17.8. The highest BCUT2D eigenvalue weighted by atomic mass is 16.4. The normalized spacial score (nSPS) is 23.5. The van der Waals surface area contributed by atoms with Gasteiger partial charge >= 0.3 is 12.0 Å². The Morgan fingerprint density at radius 1 is 1.19 bits per heavy atom. The molecule has 5 heteroatoms. The Kier molecular flexibility index (Phi) is 5.29. The molecule has 1 rings (SSSR count). The molecule has 1 fully saturated rings. The molecule has 2 unspecified atom stereocenters. The van der Waals surface area contributed by atoms with E-state index < -0.39 is 16.9 Å². The third-order valence-corrected chi connectivity index (χ3v) is 5.29. The zero-order chi connectivity index (χ0) is 16.4. The number of hydrogen-bond donors (Lipinski definition) is 2. The van der Waals surface area contributed by atoms with Crippen molar-refractivity contribution in [3.8, 4) is 0 Å². The van der Waals surface area contributed by atoms with Gasteiger partial charge in [-0.1, -0.05) is 19.8 Å². The highest BCUT2D eigenvalue weighted by molar-refractivity contribution is 5.79. The van der Waals surface area contributed by atoms with Crippen LogP contribution in [0.2, 0.25) is 0 Å². The predicted molar refractivity (Wildman–Crippen MR) is 83.2 cm³/mol. The molecule has 5 nitrogen and oxygen atoms in total. The summed E-state index contributed by atoms with van der Waals surface area (Å²) in [6.45, 7) is 9.01. The SMILES string of the molecule is CC1CCCC(N(C)C(=O)NC(C)(C)C(C)(C)C(=O)O)C1. The highest BCUT2D eigenvalue weighted by Crippen LogP contribution is 2.32. The number of amides is 2. The zero-order valence-electron chi connectivity index (χ0n) is 14.2. The maximum absolute atomic E-state index is 12.5. The lowest BCUT2D eigenvalue weighted by Crippen LogP contribution is -2.60. The fraction of sp³-hybridized carbons (Fsp3) is 0.875. The number of nitrogens with one attached hydrogen (secondary N) is 1. The van der Waals surface area contributed by atoms with Crippen LogP contribution in [0.5, 0.6) is 0 Å². The maximum atomic E-state index is 12.5. The first-order chi connectivity index (χ1) is 9.49. The smallest absolute Gasteiger partial charge is 0.317 e. The van der Waals surface area contributed by atoms with Crippen molar-refractivity contribution in [2.24, 2.45) is 11.3 Å². The molecule has 2 atom stereocenters. The molecule has 0 aromatic carbocycles. The molecule has 0 saturated heterocycles. The molecule has 0 bridgehead atoms. The predicted octanol–water partition coefficient (Wildman–Crippen LogP) is 3.10. The number of urea groups is 1. The largest absolute Gasteiger partial charge is 0.481 e. The number of hydrogen-bond acceptors (Lipinski definition) is 2. The van der Waals surface area contributed by atoms with E-state index in [2.05, 4.69) is 12.2 Å². The summed E-state index contributed by atoms with van der Waals surface area (Å²) in [6, 6.07) is 0.0610. The zero-order valence-corrected chi connectivity index (χ0v) is 14.2. The molecule has 2 amide bonds. The van der Waals surface area contributed by atoms with Crippen molar-refractivity contribution in [2.45, 2.75) is 71.9 Å². The number of carbonyl (C=O) groups is 2. The third-order valence-electron chi connectivity index (χ3n) is 5.29. The Balaban J connectivity index is 2.73. The molecule has 21 heavy (non-hydrogen) atoms. The summed E-state index contributed by atoms with van der Waals surface area (Å²) in [4.78, 5) is 25.6. The van der Waals surface area contributed by atoms with Crippen LogP contribution in [0.1, 0.15) is 60.3 Å². The van der Waals surface area contributed by atoms with E-state index in [9.17, 15) is 14.7 Å². The number of carboxylic acids is 1. The van der Waals surface area contributed by atoms with Crippen molar-refractivity contribution in [1.82, 2.24) is 10.2 Å². The second-order valence-corrected chi connectivity index (χ2v) is 7.52. The molecule has 0 heterocycles. The van der Waals surface area contributed by atoms with Crippen LogP contribution in [0.25, 0.3) is 0 Å². The van der Waals surface area contributed by atoms with Crippen LogP contribution >= 0.6 is 0 Å². The molecule has 2 N–H and O–H groups in total. The van der Waals surface area contributed by atoms with E-state index in [0.717, 1.165) is 19.3 Å². The van der Waals surface area contributed by atoms with Gasteiger partial charge in [0.15, 0.2) is 0 Å². The van der Waals surface area contributed by atoms with Gasteiger partial charge in [-0.25, -0.2) is 4.79 Å². The molecular formula is C16H30N2O3. The molecule has 1 saturated carbocycles. The Labute approximate surface area is 128 Å². The standard InChI is InChI=1S/C16H30N2O3/c1-11-8-7-9-12(10-11)18(6)14(21)17-16(4,5)15(2,3)13(19)20/h11-12H,7-10H2,1-6H3,(H,17,21)(H,19,20). The van der Waals surface area contributed by atoms with Gasteiger partial charge < -0.3 is 15.3 Å². The lowest BCUT2D eigenvalue weighted by Gasteiger charge is -2.41. The van der Waals surface area contributed by atoms with Gasteiger partial charge in [-0.15, -0.1) is 0 Å². The summed E-state index contributed by atoms with van der Waals surface area (Å²) in [5.74, 6) is -0.274. The van der Waals surface area contributed by atoms with Crippen LogP contribution in [0.15, 0.2) is 0 Å². The van der Waals surface area contributed by atoms with Crippen molar-refractivity contribution in [3.63, 3.8) is 0 Å². The average molecular weight is 298 g/mol. The first-order valence-electron chi connectivity index (χ1n) is 7.77. The van der Waals surface area contributed by atoms with Gasteiger partial charge in [0.05, 0.1) is 11.0 Å². The van der Waals surface area contributed by atoms with Crippen LogP contribution < -0.4 is 5.32 Å². The number of aliphatic carboxylic acids is 1. The fourth-order valence-electron chi connectivity index (χ4n) is 2.70. The van der Waals surface area contributed by atoms with Crippen LogP contribution in [-0.2, 0) is 4.79 Å². The topological polar surface area (TPSA) is 69.6 Å². The molecule has 122 valence electrons. The quantitative estimate of drug-likeness (QED) is 0.838. The van der Waals surface area contributed by atoms with Gasteiger partial charge in [-0.3, -0.25) is 4.79 Å². The van der Waals surface area contributed by atoms with E-state index in [0.29, 0.717) is 5.92 Å². The minimum atomic E-state index is -1.04. The summed E-state index contributed by atoms with van der Waals surface area (Å²) in [5.41, 5.74) is -1.87. The van der Waals surface area contributed by atoms with E-state index in [4.69, 9.17) is 0 Å². The molecular weight excluding hydrogens is 268 g/mol. The van der Waals surface area contributed by atoms with Crippen molar-refractivity contribution in [1.29, 1.82) is 0 Å². The van der Waals surface area contributed by atoms with Crippen molar-refractivity contribution in [2.75, 3.05) is 7.05 Å². The summed E-state index contributed by atoms with van der Waals surface area (Å²) in [7, 11) is 1.81. The highest BCUT2D eigenvalue weighted by Gasteiger charge is 2.45. The molecule has 0 radical (unpaired) electrons. The monoisotopic (exact) mass is 298 g/mol. The van der Waals surface area contributed by atoms with Gasteiger partial charge in [-0.2, -0.15) is 0 Å². The van der Waals surface area contributed by atoms with E-state index in [1.807, 2.05) is 7.05 Å². The Morgan fingerprint density at radius 2 is 1.76 bits per heavy atom. The molecule has 0 aromatic rings. The molecule has 0 aliphatic heterocycles. The second kappa shape index (κ2) is 6.24. The van der Waals surface area contributed by atoms with Crippen LogP contribution in [0, 0.1) is 11.3 Å². The van der Waals surface area contributed by atoms with E-state index in [-0.39, 0.29) is 12.1 Å².